The zero-order chi connectivity index (χ0) is 16.3. The SMILES string of the molecule is CCS(=O)(=O)Nc1ccc(NC(=O)C(C)C2CNC2)cc1C. The largest absolute Gasteiger partial charge is 0.326 e. The predicted molar refractivity (Wildman–Crippen MR) is 88.4 cm³/mol. The van der Waals surface area contributed by atoms with E-state index in [0.717, 1.165) is 18.7 Å². The van der Waals surface area contributed by atoms with Gasteiger partial charge in [0, 0.05) is 11.6 Å². The number of benzene rings is 1. The molecule has 1 heterocycles. The Balaban J connectivity index is 2.04. The van der Waals surface area contributed by atoms with Crippen LogP contribution in [0.15, 0.2) is 18.2 Å². The summed E-state index contributed by atoms with van der Waals surface area (Å²) < 4.78 is 25.7. The number of anilines is 2. The van der Waals surface area contributed by atoms with E-state index in [9.17, 15) is 13.2 Å². The lowest BCUT2D eigenvalue weighted by molar-refractivity contribution is -0.121. The lowest BCUT2D eigenvalue weighted by atomic mass is 9.88. The van der Waals surface area contributed by atoms with Crippen molar-refractivity contribution in [1.82, 2.24) is 5.32 Å². The number of amides is 1. The molecule has 1 fully saturated rings. The van der Waals surface area contributed by atoms with Crippen LogP contribution in [0.3, 0.4) is 0 Å². The highest BCUT2D eigenvalue weighted by Crippen LogP contribution is 2.23. The van der Waals surface area contributed by atoms with Crippen molar-refractivity contribution in [3.8, 4) is 0 Å². The van der Waals surface area contributed by atoms with Gasteiger partial charge in [-0.05, 0) is 56.6 Å². The van der Waals surface area contributed by atoms with Crippen molar-refractivity contribution in [2.75, 3.05) is 28.9 Å². The van der Waals surface area contributed by atoms with Gasteiger partial charge in [-0.1, -0.05) is 6.92 Å². The van der Waals surface area contributed by atoms with E-state index in [-0.39, 0.29) is 17.6 Å². The third kappa shape index (κ3) is 3.98. The van der Waals surface area contributed by atoms with Crippen molar-refractivity contribution in [3.05, 3.63) is 23.8 Å². The van der Waals surface area contributed by atoms with Crippen LogP contribution in [0, 0.1) is 18.8 Å². The number of sulfonamides is 1. The number of hydrogen-bond acceptors (Lipinski definition) is 4. The molecule has 2 rings (SSSR count). The summed E-state index contributed by atoms with van der Waals surface area (Å²) in [5, 5.41) is 6.05. The van der Waals surface area contributed by atoms with Gasteiger partial charge in [-0.15, -0.1) is 0 Å². The fourth-order valence-corrected chi connectivity index (χ4v) is 2.94. The summed E-state index contributed by atoms with van der Waals surface area (Å²) in [6.07, 6.45) is 0. The standard InChI is InChI=1S/C15H23N3O3S/c1-4-22(20,21)18-14-6-5-13(7-10(14)2)17-15(19)11(3)12-8-16-9-12/h5-7,11-12,16,18H,4,8-9H2,1-3H3,(H,17,19). The lowest BCUT2D eigenvalue weighted by Crippen LogP contribution is -2.48. The van der Waals surface area contributed by atoms with E-state index in [2.05, 4.69) is 15.4 Å². The van der Waals surface area contributed by atoms with E-state index >= 15 is 0 Å². The number of hydrogen-bond donors (Lipinski definition) is 3. The van der Waals surface area contributed by atoms with Gasteiger partial charge in [-0.3, -0.25) is 9.52 Å². The van der Waals surface area contributed by atoms with Gasteiger partial charge in [0.05, 0.1) is 11.4 Å². The van der Waals surface area contributed by atoms with E-state index < -0.39 is 10.0 Å². The molecule has 1 aliphatic rings. The molecule has 22 heavy (non-hydrogen) atoms. The Morgan fingerprint density at radius 3 is 2.59 bits per heavy atom. The van der Waals surface area contributed by atoms with Gasteiger partial charge in [0.1, 0.15) is 0 Å². The lowest BCUT2D eigenvalue weighted by Gasteiger charge is -2.31. The Morgan fingerprint density at radius 2 is 2.09 bits per heavy atom. The van der Waals surface area contributed by atoms with Gasteiger partial charge >= 0.3 is 0 Å². The van der Waals surface area contributed by atoms with Crippen LogP contribution >= 0.6 is 0 Å². The minimum absolute atomic E-state index is 0.00668. The Kier molecular flexibility index (Phi) is 5.08. The average molecular weight is 325 g/mol. The summed E-state index contributed by atoms with van der Waals surface area (Å²) in [5.74, 6) is 0.363. The van der Waals surface area contributed by atoms with Crippen molar-refractivity contribution >= 4 is 27.3 Å². The summed E-state index contributed by atoms with van der Waals surface area (Å²) in [4.78, 5) is 12.2. The monoisotopic (exact) mass is 325 g/mol. The predicted octanol–water partition coefficient (Wildman–Crippen LogP) is 1.55. The highest BCUT2D eigenvalue weighted by molar-refractivity contribution is 7.92. The third-order valence-electron chi connectivity index (χ3n) is 4.07. The molecule has 1 aliphatic heterocycles. The summed E-state index contributed by atoms with van der Waals surface area (Å²) in [7, 11) is -3.30. The summed E-state index contributed by atoms with van der Waals surface area (Å²) in [5.41, 5.74) is 1.99. The van der Waals surface area contributed by atoms with E-state index in [4.69, 9.17) is 0 Å². The van der Waals surface area contributed by atoms with Crippen molar-refractivity contribution in [1.29, 1.82) is 0 Å². The Labute approximate surface area is 131 Å². The fourth-order valence-electron chi connectivity index (χ4n) is 2.23. The van der Waals surface area contributed by atoms with Crippen LogP contribution in [-0.2, 0) is 14.8 Å². The molecule has 7 heteroatoms. The molecule has 1 atom stereocenters. The molecule has 1 saturated heterocycles. The molecular weight excluding hydrogens is 302 g/mol. The highest BCUT2D eigenvalue weighted by Gasteiger charge is 2.28. The molecule has 1 aromatic rings. The van der Waals surface area contributed by atoms with Crippen LogP contribution in [0.4, 0.5) is 11.4 Å². The van der Waals surface area contributed by atoms with Crippen molar-refractivity contribution in [2.45, 2.75) is 20.8 Å². The molecule has 1 amide bonds. The van der Waals surface area contributed by atoms with Gasteiger partial charge < -0.3 is 10.6 Å². The number of carbonyl (C=O) groups excluding carboxylic acids is 1. The second kappa shape index (κ2) is 6.66. The average Bonchev–Trinajstić information content (AvgIpc) is 2.40. The third-order valence-corrected chi connectivity index (χ3v) is 5.36. The minimum atomic E-state index is -3.30. The molecule has 122 valence electrons. The fraction of sp³-hybridized carbons (Fsp3) is 0.533. The first-order chi connectivity index (χ1) is 10.3. The van der Waals surface area contributed by atoms with Crippen LogP contribution in [0.5, 0.6) is 0 Å². The van der Waals surface area contributed by atoms with Gasteiger partial charge in [0.25, 0.3) is 0 Å². The maximum atomic E-state index is 12.2. The van der Waals surface area contributed by atoms with Gasteiger partial charge in [0.2, 0.25) is 15.9 Å². The first-order valence-electron chi connectivity index (χ1n) is 7.45. The highest BCUT2D eigenvalue weighted by atomic mass is 32.2. The van der Waals surface area contributed by atoms with Crippen LogP contribution < -0.4 is 15.4 Å². The van der Waals surface area contributed by atoms with Crippen molar-refractivity contribution in [3.63, 3.8) is 0 Å². The Bertz CT molecular complexity index is 654. The second-order valence-corrected chi connectivity index (χ2v) is 7.74. The number of aryl methyl sites for hydroxylation is 1. The molecule has 0 radical (unpaired) electrons. The Hall–Kier alpha value is -1.60. The smallest absolute Gasteiger partial charge is 0.232 e. The van der Waals surface area contributed by atoms with E-state index in [0.29, 0.717) is 17.3 Å². The van der Waals surface area contributed by atoms with Gasteiger partial charge in [-0.25, -0.2) is 8.42 Å². The van der Waals surface area contributed by atoms with Crippen LogP contribution in [0.2, 0.25) is 0 Å². The summed E-state index contributed by atoms with van der Waals surface area (Å²) in [6.45, 7) is 7.08. The minimum Gasteiger partial charge on any atom is -0.326 e. The molecular formula is C15H23N3O3S. The zero-order valence-electron chi connectivity index (χ0n) is 13.1. The molecule has 0 spiro atoms. The molecule has 0 aromatic heterocycles. The van der Waals surface area contributed by atoms with Gasteiger partial charge in [-0.2, -0.15) is 0 Å². The normalized spacial score (nSPS) is 16.7. The molecule has 6 nitrogen and oxygen atoms in total. The number of rotatable bonds is 6. The number of carbonyl (C=O) groups is 1. The van der Waals surface area contributed by atoms with Crippen molar-refractivity contribution in [2.24, 2.45) is 11.8 Å². The van der Waals surface area contributed by atoms with E-state index in [1.165, 1.54) is 0 Å². The molecule has 3 N–H and O–H groups in total. The van der Waals surface area contributed by atoms with E-state index in [1.54, 1.807) is 25.1 Å². The summed E-state index contributed by atoms with van der Waals surface area (Å²) in [6, 6.07) is 5.16. The van der Waals surface area contributed by atoms with Crippen LogP contribution in [0.25, 0.3) is 0 Å². The summed E-state index contributed by atoms with van der Waals surface area (Å²) >= 11 is 0. The molecule has 0 bridgehead atoms. The zero-order valence-corrected chi connectivity index (χ0v) is 14.0. The van der Waals surface area contributed by atoms with Crippen LogP contribution in [0.1, 0.15) is 19.4 Å². The van der Waals surface area contributed by atoms with Crippen LogP contribution in [-0.4, -0.2) is 33.2 Å². The quantitative estimate of drug-likeness (QED) is 0.740. The van der Waals surface area contributed by atoms with E-state index in [1.807, 2.05) is 13.8 Å². The van der Waals surface area contributed by atoms with Gasteiger partial charge in [0.15, 0.2) is 0 Å². The first-order valence-corrected chi connectivity index (χ1v) is 9.10. The van der Waals surface area contributed by atoms with Crippen molar-refractivity contribution < 1.29 is 13.2 Å². The first kappa shape index (κ1) is 16.8. The maximum absolute atomic E-state index is 12.2. The molecule has 1 aromatic carbocycles. The molecule has 0 aliphatic carbocycles. The molecule has 1 unspecified atom stereocenters. The Morgan fingerprint density at radius 1 is 1.41 bits per heavy atom. The maximum Gasteiger partial charge on any atom is 0.232 e. The second-order valence-electron chi connectivity index (χ2n) is 5.73. The number of nitrogens with one attached hydrogen (secondary N) is 3. The topological polar surface area (TPSA) is 87.3 Å². The molecule has 0 saturated carbocycles.